The average molecular weight is 475 g/mol. The topological polar surface area (TPSA) is 95.9 Å². The van der Waals surface area contributed by atoms with Crippen molar-refractivity contribution in [1.29, 1.82) is 0 Å². The number of aliphatic hydroxyl groups is 1. The Morgan fingerprint density at radius 1 is 1.20 bits per heavy atom. The molecule has 182 valence electrons. The fourth-order valence-corrected chi connectivity index (χ4v) is 4.17. The Kier molecular flexibility index (Phi) is 7.41. The maximum absolute atomic E-state index is 13.6. The van der Waals surface area contributed by atoms with E-state index in [1.807, 2.05) is 44.2 Å². The van der Waals surface area contributed by atoms with E-state index < -0.39 is 6.10 Å². The monoisotopic (exact) mass is 474 g/mol. The highest BCUT2D eigenvalue weighted by Gasteiger charge is 2.35. The summed E-state index contributed by atoms with van der Waals surface area (Å²) in [5.41, 5.74) is 2.56. The quantitative estimate of drug-likeness (QED) is 0.590. The second-order valence-corrected chi connectivity index (χ2v) is 8.99. The Bertz CT molecular complexity index is 1170. The van der Waals surface area contributed by atoms with Crippen molar-refractivity contribution in [3.05, 3.63) is 78.2 Å². The first-order chi connectivity index (χ1) is 16.9. The maximum Gasteiger partial charge on any atom is 0.259 e. The Hall–Kier alpha value is -3.78. The van der Waals surface area contributed by atoms with Crippen LogP contribution in [-0.4, -0.2) is 75.6 Å². The SMILES string of the molecule is C[C@H](CO)N1C[C@H](C)[C@H](CN(C)C(=O)c2cccnc2)Oc2ncc(-c3ccccc3)cc2C1=O. The molecule has 2 amide bonds. The van der Waals surface area contributed by atoms with Crippen LogP contribution in [0.15, 0.2) is 67.1 Å². The van der Waals surface area contributed by atoms with Gasteiger partial charge in [-0.3, -0.25) is 14.6 Å². The maximum atomic E-state index is 13.6. The predicted octanol–water partition coefficient (Wildman–Crippen LogP) is 3.14. The number of hydrogen-bond acceptors (Lipinski definition) is 6. The summed E-state index contributed by atoms with van der Waals surface area (Å²) in [5, 5.41) is 9.84. The number of pyridine rings is 2. The number of carbonyl (C=O) groups is 2. The first-order valence-electron chi connectivity index (χ1n) is 11.7. The summed E-state index contributed by atoms with van der Waals surface area (Å²) >= 11 is 0. The van der Waals surface area contributed by atoms with E-state index in [-0.39, 0.29) is 36.3 Å². The molecule has 3 heterocycles. The number of carbonyl (C=O) groups excluding carboxylic acids is 2. The highest BCUT2D eigenvalue weighted by Crippen LogP contribution is 2.30. The number of amides is 2. The van der Waals surface area contributed by atoms with Gasteiger partial charge in [0.1, 0.15) is 11.7 Å². The molecule has 2 aromatic heterocycles. The van der Waals surface area contributed by atoms with E-state index in [2.05, 4.69) is 9.97 Å². The molecule has 0 aliphatic carbocycles. The van der Waals surface area contributed by atoms with Gasteiger partial charge in [-0.1, -0.05) is 37.3 Å². The van der Waals surface area contributed by atoms with Crippen molar-refractivity contribution >= 4 is 11.8 Å². The number of nitrogens with zero attached hydrogens (tertiary/aromatic N) is 4. The minimum atomic E-state index is -0.420. The molecule has 0 radical (unpaired) electrons. The number of hydrogen-bond donors (Lipinski definition) is 1. The molecule has 8 heteroatoms. The Balaban J connectivity index is 1.68. The van der Waals surface area contributed by atoms with E-state index in [4.69, 9.17) is 4.74 Å². The molecule has 8 nitrogen and oxygen atoms in total. The molecule has 0 bridgehead atoms. The minimum absolute atomic E-state index is 0.124. The van der Waals surface area contributed by atoms with Crippen LogP contribution >= 0.6 is 0 Å². The van der Waals surface area contributed by atoms with Crippen LogP contribution in [0.1, 0.15) is 34.6 Å². The number of aromatic nitrogens is 2. The first kappa shape index (κ1) is 24.3. The van der Waals surface area contributed by atoms with Crippen molar-refractivity contribution in [2.45, 2.75) is 26.0 Å². The van der Waals surface area contributed by atoms with Gasteiger partial charge in [-0.15, -0.1) is 0 Å². The summed E-state index contributed by atoms with van der Waals surface area (Å²) in [6, 6.07) is 14.5. The Morgan fingerprint density at radius 3 is 2.66 bits per heavy atom. The third-order valence-corrected chi connectivity index (χ3v) is 6.34. The number of benzene rings is 1. The molecule has 0 spiro atoms. The van der Waals surface area contributed by atoms with Gasteiger partial charge in [0, 0.05) is 43.7 Å². The van der Waals surface area contributed by atoms with Crippen LogP contribution in [0.2, 0.25) is 0 Å². The Morgan fingerprint density at radius 2 is 1.97 bits per heavy atom. The second-order valence-electron chi connectivity index (χ2n) is 8.99. The lowest BCUT2D eigenvalue weighted by Crippen LogP contribution is -2.50. The average Bonchev–Trinajstić information content (AvgIpc) is 2.90. The molecule has 0 fully saturated rings. The molecule has 0 saturated carbocycles. The lowest BCUT2D eigenvalue weighted by molar-refractivity contribution is 0.0313. The second kappa shape index (κ2) is 10.7. The molecular formula is C27H30N4O4. The van der Waals surface area contributed by atoms with Gasteiger partial charge in [0.15, 0.2) is 0 Å². The minimum Gasteiger partial charge on any atom is -0.472 e. The highest BCUT2D eigenvalue weighted by molar-refractivity contribution is 5.98. The van der Waals surface area contributed by atoms with Crippen LogP contribution in [0.4, 0.5) is 0 Å². The summed E-state index contributed by atoms with van der Waals surface area (Å²) < 4.78 is 6.30. The van der Waals surface area contributed by atoms with Crippen LogP contribution in [0.5, 0.6) is 5.88 Å². The lowest BCUT2D eigenvalue weighted by Gasteiger charge is -2.37. The lowest BCUT2D eigenvalue weighted by atomic mass is 9.99. The summed E-state index contributed by atoms with van der Waals surface area (Å²) in [4.78, 5) is 38.3. The molecular weight excluding hydrogens is 444 g/mol. The van der Waals surface area contributed by atoms with E-state index in [1.165, 1.54) is 6.20 Å². The van der Waals surface area contributed by atoms with Crippen LogP contribution < -0.4 is 4.74 Å². The van der Waals surface area contributed by atoms with Gasteiger partial charge in [0.2, 0.25) is 5.88 Å². The van der Waals surface area contributed by atoms with Crippen molar-refractivity contribution < 1.29 is 19.4 Å². The molecule has 3 aromatic rings. The van der Waals surface area contributed by atoms with Crippen molar-refractivity contribution in [3.8, 4) is 17.0 Å². The molecule has 1 aromatic carbocycles. The fraction of sp³-hybridized carbons (Fsp3) is 0.333. The van der Waals surface area contributed by atoms with E-state index in [0.717, 1.165) is 11.1 Å². The zero-order valence-corrected chi connectivity index (χ0v) is 20.2. The van der Waals surface area contributed by atoms with E-state index in [0.29, 0.717) is 24.2 Å². The third-order valence-electron chi connectivity index (χ3n) is 6.34. The predicted molar refractivity (Wildman–Crippen MR) is 132 cm³/mol. The van der Waals surface area contributed by atoms with E-state index >= 15 is 0 Å². The van der Waals surface area contributed by atoms with Gasteiger partial charge in [-0.2, -0.15) is 0 Å². The first-order valence-corrected chi connectivity index (χ1v) is 11.7. The zero-order chi connectivity index (χ0) is 24.9. The number of ether oxygens (including phenoxy) is 1. The standard InChI is InChI=1S/C27H30N4O4/c1-18-15-31(19(2)17-32)27(34)23-12-22(20-8-5-4-6-9-20)14-29-25(23)35-24(18)16-30(3)26(33)21-10-7-11-28-13-21/h4-14,18-19,24,32H,15-17H2,1-3H3/t18-,19+,24-/m0/s1. The molecule has 3 atom stereocenters. The number of likely N-dealkylation sites (N-methyl/N-ethyl adjacent to an activating group) is 1. The van der Waals surface area contributed by atoms with Crippen LogP contribution in [-0.2, 0) is 0 Å². The van der Waals surface area contributed by atoms with Crippen LogP contribution in [0, 0.1) is 5.92 Å². The number of fused-ring (bicyclic) bond motifs is 1. The molecule has 4 rings (SSSR count). The summed E-state index contributed by atoms with van der Waals surface area (Å²) in [6.45, 7) is 4.29. The smallest absolute Gasteiger partial charge is 0.259 e. The van der Waals surface area contributed by atoms with Crippen LogP contribution in [0.3, 0.4) is 0 Å². The highest BCUT2D eigenvalue weighted by atomic mass is 16.5. The molecule has 0 unspecified atom stereocenters. The summed E-state index contributed by atoms with van der Waals surface area (Å²) in [7, 11) is 1.72. The zero-order valence-electron chi connectivity index (χ0n) is 20.2. The van der Waals surface area contributed by atoms with Gasteiger partial charge < -0.3 is 19.6 Å². The molecule has 1 aliphatic heterocycles. The van der Waals surface area contributed by atoms with Gasteiger partial charge in [0.05, 0.1) is 24.8 Å². The van der Waals surface area contributed by atoms with Gasteiger partial charge in [-0.05, 0) is 30.7 Å². The van der Waals surface area contributed by atoms with Crippen molar-refractivity contribution in [2.24, 2.45) is 5.92 Å². The Labute approximate surface area is 205 Å². The molecule has 35 heavy (non-hydrogen) atoms. The van der Waals surface area contributed by atoms with Crippen LogP contribution in [0.25, 0.3) is 11.1 Å². The third kappa shape index (κ3) is 5.33. The molecule has 1 aliphatic rings. The van der Waals surface area contributed by atoms with Gasteiger partial charge in [0.25, 0.3) is 11.8 Å². The molecule has 1 N–H and O–H groups in total. The number of rotatable bonds is 6. The van der Waals surface area contributed by atoms with Crippen molar-refractivity contribution in [1.82, 2.24) is 19.8 Å². The molecule has 0 saturated heterocycles. The number of aliphatic hydroxyl groups excluding tert-OH is 1. The van der Waals surface area contributed by atoms with Gasteiger partial charge >= 0.3 is 0 Å². The summed E-state index contributed by atoms with van der Waals surface area (Å²) in [6.07, 6.45) is 4.43. The summed E-state index contributed by atoms with van der Waals surface area (Å²) in [5.74, 6) is -0.304. The largest absolute Gasteiger partial charge is 0.472 e. The van der Waals surface area contributed by atoms with Crippen molar-refractivity contribution in [3.63, 3.8) is 0 Å². The van der Waals surface area contributed by atoms with E-state index in [9.17, 15) is 14.7 Å². The van der Waals surface area contributed by atoms with Crippen molar-refractivity contribution in [2.75, 3.05) is 26.7 Å². The normalized spacial score (nSPS) is 18.6. The van der Waals surface area contributed by atoms with E-state index in [1.54, 1.807) is 47.4 Å². The van der Waals surface area contributed by atoms with Gasteiger partial charge in [-0.25, -0.2) is 4.98 Å². The fourth-order valence-electron chi connectivity index (χ4n) is 4.17.